The molecular weight excluding hydrogens is 609 g/mol. The second-order valence-electron chi connectivity index (χ2n) is 15.1. The van der Waals surface area contributed by atoms with E-state index in [0.717, 1.165) is 38.5 Å². The molecule has 0 aliphatic carbocycles. The molecular formula is C39H79NO6P+. The third-order valence-electron chi connectivity index (χ3n) is 9.18. The van der Waals surface area contributed by atoms with E-state index in [9.17, 15) is 19.0 Å². The number of phosphoric acid groups is 1. The zero-order valence-corrected chi connectivity index (χ0v) is 33.0. The molecule has 0 saturated heterocycles. The first kappa shape index (κ1) is 46.4. The maximum absolute atomic E-state index is 13.9. The molecule has 0 heterocycles. The van der Waals surface area contributed by atoms with Gasteiger partial charge in [0.25, 0.3) is 0 Å². The predicted molar refractivity (Wildman–Crippen MR) is 199 cm³/mol. The molecule has 1 unspecified atom stereocenters. The summed E-state index contributed by atoms with van der Waals surface area (Å²) in [4.78, 5) is 38.2. The molecule has 0 aliphatic heterocycles. The molecule has 0 aliphatic rings. The number of hydrogen-bond acceptors (Lipinski definition) is 5. The van der Waals surface area contributed by atoms with Crippen molar-refractivity contribution in [2.24, 2.45) is 0 Å². The highest BCUT2D eigenvalue weighted by Crippen LogP contribution is 2.49. The van der Waals surface area contributed by atoms with Crippen LogP contribution in [0.4, 0.5) is 0 Å². The van der Waals surface area contributed by atoms with Crippen LogP contribution in [0.5, 0.6) is 0 Å². The van der Waals surface area contributed by atoms with Gasteiger partial charge in [-0.05, 0) is 19.8 Å². The highest BCUT2D eigenvalue weighted by Gasteiger charge is 2.54. The minimum absolute atomic E-state index is 0.000814. The smallest absolute Gasteiger partial charge is 0.328 e. The molecule has 0 spiro atoms. The largest absolute Gasteiger partial charge is 0.473 e. The molecule has 0 saturated carbocycles. The molecule has 0 aromatic rings. The molecule has 47 heavy (non-hydrogen) atoms. The van der Waals surface area contributed by atoms with Crippen molar-refractivity contribution in [2.75, 3.05) is 34.3 Å². The summed E-state index contributed by atoms with van der Waals surface area (Å²) in [6, 6.07) is 0. The van der Waals surface area contributed by atoms with E-state index in [1.165, 1.54) is 116 Å². The van der Waals surface area contributed by atoms with Crippen LogP contribution in [-0.4, -0.2) is 60.8 Å². The van der Waals surface area contributed by atoms with Crippen LogP contribution in [0.15, 0.2) is 0 Å². The van der Waals surface area contributed by atoms with E-state index in [1.54, 1.807) is 6.92 Å². The Morgan fingerprint density at radius 1 is 0.532 bits per heavy atom. The second-order valence-corrected chi connectivity index (χ2v) is 16.5. The molecule has 0 rings (SSSR count). The summed E-state index contributed by atoms with van der Waals surface area (Å²) >= 11 is 0. The van der Waals surface area contributed by atoms with E-state index in [4.69, 9.17) is 9.05 Å². The monoisotopic (exact) mass is 689 g/mol. The van der Waals surface area contributed by atoms with Gasteiger partial charge >= 0.3 is 7.82 Å². The van der Waals surface area contributed by atoms with Crippen LogP contribution in [0.2, 0.25) is 0 Å². The van der Waals surface area contributed by atoms with Gasteiger partial charge in [0.1, 0.15) is 6.54 Å². The fourth-order valence-electron chi connectivity index (χ4n) is 6.53. The highest BCUT2D eigenvalue weighted by molar-refractivity contribution is 7.47. The number of Topliss-reactive ketones (excluding diaryl/α,β-unsaturated/α-hetero) is 2. The van der Waals surface area contributed by atoms with E-state index in [0.29, 0.717) is 12.8 Å². The molecule has 8 heteroatoms. The Morgan fingerprint density at radius 3 is 1.06 bits per heavy atom. The Kier molecular flexibility index (Phi) is 28.8. The summed E-state index contributed by atoms with van der Waals surface area (Å²) < 4.78 is 23.8. The summed E-state index contributed by atoms with van der Waals surface area (Å²) in [5.74, 6) is -0.774. The first-order valence-electron chi connectivity index (χ1n) is 20.0. The summed E-state index contributed by atoms with van der Waals surface area (Å²) in [7, 11) is 1.02. The normalized spacial score (nSPS) is 13.6. The highest BCUT2D eigenvalue weighted by atomic mass is 31.2. The van der Waals surface area contributed by atoms with E-state index >= 15 is 0 Å². The molecule has 280 valence electrons. The van der Waals surface area contributed by atoms with Gasteiger partial charge in [-0.3, -0.25) is 18.6 Å². The van der Waals surface area contributed by atoms with Crippen molar-refractivity contribution in [1.82, 2.24) is 0 Å². The first-order chi connectivity index (χ1) is 22.4. The topological polar surface area (TPSA) is 89.9 Å². The second kappa shape index (κ2) is 29.2. The molecule has 1 atom stereocenters. The standard InChI is InChI=1S/C39H78NO6P/c1-7-10-12-14-16-18-20-22-24-26-28-30-32-34-37(41)39(36-40(4,5)6,46-47(43,44)45-9-3)38(42)35-33-31-29-27-25-23-21-19-17-15-13-11-8-2/h7-36H2,1-6H3/p+1. The van der Waals surface area contributed by atoms with Gasteiger partial charge in [-0.15, -0.1) is 0 Å². The summed E-state index contributed by atoms with van der Waals surface area (Å²) in [6.07, 6.45) is 31.5. The van der Waals surface area contributed by atoms with Gasteiger partial charge in [0, 0.05) is 12.8 Å². The minimum atomic E-state index is -4.60. The first-order valence-corrected chi connectivity index (χ1v) is 21.5. The van der Waals surface area contributed by atoms with Gasteiger partial charge in [-0.25, -0.2) is 4.57 Å². The van der Waals surface area contributed by atoms with Crippen molar-refractivity contribution in [2.45, 2.75) is 206 Å². The maximum Gasteiger partial charge on any atom is 0.473 e. The van der Waals surface area contributed by atoms with E-state index < -0.39 is 13.4 Å². The van der Waals surface area contributed by atoms with Gasteiger partial charge < -0.3 is 9.38 Å². The van der Waals surface area contributed by atoms with E-state index in [-0.39, 0.29) is 42.0 Å². The Hall–Kier alpha value is -0.590. The van der Waals surface area contributed by atoms with E-state index in [1.807, 2.05) is 21.1 Å². The number of carbonyl (C=O) groups excluding carboxylic acids is 2. The van der Waals surface area contributed by atoms with Crippen LogP contribution in [0, 0.1) is 0 Å². The Labute approximate surface area is 291 Å². The van der Waals surface area contributed by atoms with Gasteiger partial charge in [0.15, 0.2) is 11.6 Å². The molecule has 0 bridgehead atoms. The molecule has 0 aromatic heterocycles. The van der Waals surface area contributed by atoms with Crippen LogP contribution in [0.3, 0.4) is 0 Å². The minimum Gasteiger partial charge on any atom is -0.328 e. The van der Waals surface area contributed by atoms with Crippen molar-refractivity contribution in [1.29, 1.82) is 0 Å². The van der Waals surface area contributed by atoms with E-state index in [2.05, 4.69) is 13.8 Å². The fraction of sp³-hybridized carbons (Fsp3) is 0.949. The van der Waals surface area contributed by atoms with Crippen molar-refractivity contribution in [3.63, 3.8) is 0 Å². The third kappa shape index (κ3) is 26.0. The van der Waals surface area contributed by atoms with Crippen molar-refractivity contribution < 1.29 is 32.6 Å². The number of unbranched alkanes of at least 4 members (excludes halogenated alkanes) is 24. The number of nitrogens with zero attached hydrogens (tertiary/aromatic N) is 1. The third-order valence-corrected chi connectivity index (χ3v) is 10.3. The van der Waals surface area contributed by atoms with Gasteiger partial charge in [-0.2, -0.15) is 0 Å². The van der Waals surface area contributed by atoms with Crippen molar-refractivity contribution >= 4 is 19.4 Å². The van der Waals surface area contributed by atoms with Gasteiger partial charge in [0.05, 0.1) is 27.7 Å². The lowest BCUT2D eigenvalue weighted by molar-refractivity contribution is -0.874. The number of ketones is 2. The zero-order valence-electron chi connectivity index (χ0n) is 32.1. The lowest BCUT2D eigenvalue weighted by Gasteiger charge is -2.37. The van der Waals surface area contributed by atoms with Crippen LogP contribution in [0.1, 0.15) is 201 Å². The van der Waals surface area contributed by atoms with Crippen LogP contribution < -0.4 is 0 Å². The average Bonchev–Trinajstić information content (AvgIpc) is 3.00. The summed E-state index contributed by atoms with van der Waals surface area (Å²) in [5, 5.41) is 0. The molecule has 0 fully saturated rings. The van der Waals surface area contributed by atoms with Crippen LogP contribution in [0.25, 0.3) is 0 Å². The van der Waals surface area contributed by atoms with Gasteiger partial charge in [-0.1, -0.05) is 168 Å². The Bertz CT molecular complexity index is 770. The number of rotatable bonds is 36. The number of carbonyl (C=O) groups is 2. The number of quaternary nitrogens is 1. The number of phosphoric ester groups is 1. The molecule has 7 nitrogen and oxygen atoms in total. The van der Waals surface area contributed by atoms with Crippen LogP contribution in [-0.2, 0) is 23.2 Å². The fourth-order valence-corrected chi connectivity index (χ4v) is 7.56. The van der Waals surface area contributed by atoms with Gasteiger partial charge in [0.2, 0.25) is 5.60 Å². The lowest BCUT2D eigenvalue weighted by Crippen LogP contribution is -2.59. The zero-order chi connectivity index (χ0) is 35.3. The lowest BCUT2D eigenvalue weighted by atomic mass is 9.86. The molecule has 0 amide bonds. The van der Waals surface area contributed by atoms with Crippen molar-refractivity contribution in [3.05, 3.63) is 0 Å². The molecule has 0 radical (unpaired) electrons. The predicted octanol–water partition coefficient (Wildman–Crippen LogP) is 11.7. The van der Waals surface area contributed by atoms with Crippen LogP contribution >= 0.6 is 7.82 Å². The maximum atomic E-state index is 13.9. The number of hydrogen-bond donors (Lipinski definition) is 1. The quantitative estimate of drug-likeness (QED) is 0.0305. The molecule has 1 N–H and O–H groups in total. The summed E-state index contributed by atoms with van der Waals surface area (Å²) in [6.45, 7) is 6.05. The Morgan fingerprint density at radius 2 is 0.809 bits per heavy atom. The molecule has 0 aromatic carbocycles. The SMILES string of the molecule is CCCCCCCCCCCCCCCC(=O)C(C[N+](C)(C)C)(OP(=O)(O)OCC)C(=O)CCCCCCCCCCCCCCC. The Balaban J connectivity index is 4.87. The number of likely N-dealkylation sites (N-methyl/N-ethyl adjacent to an activating group) is 1. The average molecular weight is 689 g/mol. The summed E-state index contributed by atoms with van der Waals surface area (Å²) in [5.41, 5.74) is -1.98. The van der Waals surface area contributed by atoms with Crippen molar-refractivity contribution in [3.8, 4) is 0 Å².